The van der Waals surface area contributed by atoms with Gasteiger partial charge in [-0.15, -0.1) is 11.3 Å². The molecule has 1 aromatic carbocycles. The molecule has 2 N–H and O–H groups in total. The van der Waals surface area contributed by atoms with Crippen LogP contribution in [0.15, 0.2) is 50.9 Å². The minimum atomic E-state index is 0.710. The molecule has 2 aromatic rings. The number of rotatable bonds is 4. The first-order chi connectivity index (χ1) is 7.40. The molecule has 0 aliphatic heterocycles. The third kappa shape index (κ3) is 2.84. The van der Waals surface area contributed by atoms with Gasteiger partial charge < -0.3 is 5.73 Å². The highest BCUT2D eigenvalue weighted by Crippen LogP contribution is 2.33. The van der Waals surface area contributed by atoms with Gasteiger partial charge >= 0.3 is 0 Å². The average Bonchev–Trinajstić information content (AvgIpc) is 2.74. The normalized spacial score (nSPS) is 10.5. The maximum atomic E-state index is 5.60. The highest BCUT2D eigenvalue weighted by atomic mass is 32.2. The molecule has 0 atom stereocenters. The zero-order valence-electron chi connectivity index (χ0n) is 8.35. The Bertz CT molecular complexity index is 409. The predicted molar refractivity (Wildman–Crippen MR) is 67.6 cm³/mol. The Balaban J connectivity index is 2.20. The molecular formula is C12H13NS2. The topological polar surface area (TPSA) is 26.0 Å². The van der Waals surface area contributed by atoms with Crippen LogP contribution in [0.5, 0.6) is 0 Å². The quantitative estimate of drug-likeness (QED) is 0.879. The summed E-state index contributed by atoms with van der Waals surface area (Å²) in [6, 6.07) is 12.7. The molecule has 1 aromatic heterocycles. The summed E-state index contributed by atoms with van der Waals surface area (Å²) in [5.41, 5.74) is 6.94. The fourth-order valence-electron chi connectivity index (χ4n) is 1.40. The van der Waals surface area contributed by atoms with Crippen LogP contribution in [0, 0.1) is 0 Å². The summed E-state index contributed by atoms with van der Waals surface area (Å²) in [5, 5.41) is 2.11. The van der Waals surface area contributed by atoms with E-state index in [-0.39, 0.29) is 0 Å². The first-order valence-electron chi connectivity index (χ1n) is 4.89. The van der Waals surface area contributed by atoms with Gasteiger partial charge in [-0.1, -0.05) is 36.0 Å². The molecule has 0 spiro atoms. The van der Waals surface area contributed by atoms with E-state index >= 15 is 0 Å². The van der Waals surface area contributed by atoms with Crippen LogP contribution >= 0.6 is 23.1 Å². The van der Waals surface area contributed by atoms with Crippen LogP contribution in [0.3, 0.4) is 0 Å². The summed E-state index contributed by atoms with van der Waals surface area (Å²) in [6.45, 7) is 0.710. The molecular weight excluding hydrogens is 222 g/mol. The van der Waals surface area contributed by atoms with Crippen molar-refractivity contribution in [3.63, 3.8) is 0 Å². The number of benzene rings is 1. The zero-order chi connectivity index (χ0) is 10.5. The number of nitrogens with two attached hydrogens (primary N) is 1. The van der Waals surface area contributed by atoms with Crippen molar-refractivity contribution in [3.8, 4) is 0 Å². The third-order valence-corrected chi connectivity index (χ3v) is 4.25. The summed E-state index contributed by atoms with van der Waals surface area (Å²) in [4.78, 5) is 1.32. The molecule has 0 amide bonds. The van der Waals surface area contributed by atoms with E-state index in [0.29, 0.717) is 6.54 Å². The Morgan fingerprint density at radius 1 is 1.13 bits per heavy atom. The number of hydrogen-bond acceptors (Lipinski definition) is 3. The molecule has 0 bridgehead atoms. The maximum absolute atomic E-state index is 5.60. The lowest BCUT2D eigenvalue weighted by atomic mass is 10.1. The van der Waals surface area contributed by atoms with E-state index in [1.165, 1.54) is 14.7 Å². The van der Waals surface area contributed by atoms with Crippen LogP contribution in [-0.2, 0) is 6.42 Å². The summed E-state index contributed by atoms with van der Waals surface area (Å²) < 4.78 is 1.33. The van der Waals surface area contributed by atoms with Crippen LogP contribution in [0.4, 0.5) is 0 Å². The molecule has 1 heterocycles. The van der Waals surface area contributed by atoms with Crippen LogP contribution in [0.25, 0.3) is 0 Å². The molecule has 3 heteroatoms. The molecule has 0 saturated heterocycles. The Morgan fingerprint density at radius 2 is 2.00 bits per heavy atom. The molecule has 15 heavy (non-hydrogen) atoms. The fraction of sp³-hybridized carbons (Fsp3) is 0.167. The molecule has 0 fully saturated rings. The van der Waals surface area contributed by atoms with E-state index in [9.17, 15) is 0 Å². The second-order valence-electron chi connectivity index (χ2n) is 3.18. The van der Waals surface area contributed by atoms with Crippen molar-refractivity contribution in [3.05, 3.63) is 47.3 Å². The van der Waals surface area contributed by atoms with Gasteiger partial charge in [-0.3, -0.25) is 0 Å². The summed E-state index contributed by atoms with van der Waals surface area (Å²) in [6.07, 6.45) is 0.953. The lowest BCUT2D eigenvalue weighted by Crippen LogP contribution is -2.03. The van der Waals surface area contributed by atoms with Crippen molar-refractivity contribution >= 4 is 23.1 Å². The van der Waals surface area contributed by atoms with E-state index in [1.807, 2.05) is 11.8 Å². The third-order valence-electron chi connectivity index (χ3n) is 2.09. The zero-order valence-corrected chi connectivity index (χ0v) is 9.98. The number of hydrogen-bond donors (Lipinski definition) is 1. The fourth-order valence-corrected chi connectivity index (χ4v) is 3.28. The highest BCUT2D eigenvalue weighted by molar-refractivity contribution is 8.01. The number of thiophene rings is 1. The first-order valence-corrected chi connectivity index (χ1v) is 6.59. The Kier molecular flexibility index (Phi) is 3.83. The monoisotopic (exact) mass is 235 g/mol. The molecule has 0 saturated carbocycles. The molecule has 0 aliphatic rings. The summed E-state index contributed by atoms with van der Waals surface area (Å²) >= 11 is 3.60. The smallest absolute Gasteiger partial charge is 0.0646 e. The van der Waals surface area contributed by atoms with Gasteiger partial charge in [0.05, 0.1) is 4.21 Å². The maximum Gasteiger partial charge on any atom is 0.0646 e. The first kappa shape index (κ1) is 10.7. The summed E-state index contributed by atoms with van der Waals surface area (Å²) in [7, 11) is 0. The molecule has 78 valence electrons. The largest absolute Gasteiger partial charge is 0.330 e. The molecule has 0 radical (unpaired) electrons. The second kappa shape index (κ2) is 5.35. The van der Waals surface area contributed by atoms with Crippen LogP contribution in [-0.4, -0.2) is 6.54 Å². The predicted octanol–water partition coefficient (Wildman–Crippen LogP) is 3.40. The van der Waals surface area contributed by atoms with Gasteiger partial charge in [-0.2, -0.15) is 0 Å². The van der Waals surface area contributed by atoms with E-state index in [1.54, 1.807) is 11.3 Å². The van der Waals surface area contributed by atoms with Crippen molar-refractivity contribution in [2.24, 2.45) is 5.73 Å². The lowest BCUT2D eigenvalue weighted by Gasteiger charge is -2.06. The Hall–Kier alpha value is -0.770. The summed E-state index contributed by atoms with van der Waals surface area (Å²) in [5.74, 6) is 0. The van der Waals surface area contributed by atoms with E-state index in [0.717, 1.165) is 6.42 Å². The van der Waals surface area contributed by atoms with Crippen LogP contribution < -0.4 is 5.73 Å². The van der Waals surface area contributed by atoms with E-state index in [2.05, 4.69) is 41.8 Å². The van der Waals surface area contributed by atoms with Gasteiger partial charge in [0, 0.05) is 4.90 Å². The Labute approximate surface area is 98.3 Å². The van der Waals surface area contributed by atoms with Crippen molar-refractivity contribution in [2.45, 2.75) is 15.5 Å². The second-order valence-corrected chi connectivity index (χ2v) is 5.47. The molecule has 0 aliphatic carbocycles. The van der Waals surface area contributed by atoms with E-state index in [4.69, 9.17) is 5.73 Å². The molecule has 2 rings (SSSR count). The Morgan fingerprint density at radius 3 is 2.73 bits per heavy atom. The van der Waals surface area contributed by atoms with Crippen molar-refractivity contribution in [1.29, 1.82) is 0 Å². The van der Waals surface area contributed by atoms with Crippen molar-refractivity contribution < 1.29 is 0 Å². The van der Waals surface area contributed by atoms with Gasteiger partial charge in [-0.25, -0.2) is 0 Å². The highest BCUT2D eigenvalue weighted by Gasteiger charge is 2.03. The van der Waals surface area contributed by atoms with Gasteiger partial charge in [0.2, 0.25) is 0 Å². The van der Waals surface area contributed by atoms with Gasteiger partial charge in [-0.05, 0) is 36.0 Å². The van der Waals surface area contributed by atoms with Gasteiger partial charge in [0.1, 0.15) is 0 Å². The minimum Gasteiger partial charge on any atom is -0.330 e. The standard InChI is InChI=1S/C12H13NS2/c13-8-7-10-4-1-2-5-11(10)15-12-6-3-9-14-12/h1-6,9H,7-8,13H2. The van der Waals surface area contributed by atoms with Crippen molar-refractivity contribution in [1.82, 2.24) is 0 Å². The minimum absolute atomic E-state index is 0.710. The average molecular weight is 235 g/mol. The van der Waals surface area contributed by atoms with E-state index < -0.39 is 0 Å². The van der Waals surface area contributed by atoms with Crippen LogP contribution in [0.2, 0.25) is 0 Å². The molecule has 0 unspecified atom stereocenters. The lowest BCUT2D eigenvalue weighted by molar-refractivity contribution is 0.945. The van der Waals surface area contributed by atoms with Crippen molar-refractivity contribution in [2.75, 3.05) is 6.54 Å². The van der Waals surface area contributed by atoms with Crippen LogP contribution in [0.1, 0.15) is 5.56 Å². The SMILES string of the molecule is NCCc1ccccc1Sc1cccs1. The molecule has 1 nitrogen and oxygen atoms in total. The van der Waals surface area contributed by atoms with Gasteiger partial charge in [0.25, 0.3) is 0 Å². The van der Waals surface area contributed by atoms with Gasteiger partial charge in [0.15, 0.2) is 0 Å².